The summed E-state index contributed by atoms with van der Waals surface area (Å²) in [6.45, 7) is 4.44. The molecule has 2 aromatic carbocycles. The zero-order valence-corrected chi connectivity index (χ0v) is 16.0. The zero-order chi connectivity index (χ0) is 18.5. The summed E-state index contributed by atoms with van der Waals surface area (Å²) >= 11 is 6.39. The third kappa shape index (κ3) is 4.45. The second kappa shape index (κ2) is 8.39. The van der Waals surface area contributed by atoms with Gasteiger partial charge in [-0.25, -0.2) is 4.99 Å². The molecule has 1 aliphatic heterocycles. The molecule has 26 heavy (non-hydrogen) atoms. The molecule has 5 heteroatoms. The highest BCUT2D eigenvalue weighted by Gasteiger charge is 2.11. The highest BCUT2D eigenvalue weighted by molar-refractivity contribution is 6.44. The lowest BCUT2D eigenvalue weighted by molar-refractivity contribution is 0.852. The van der Waals surface area contributed by atoms with Gasteiger partial charge in [-0.15, -0.1) is 0 Å². The average Bonchev–Trinajstić information content (AvgIpc) is 2.65. The molecule has 0 aliphatic carbocycles. The van der Waals surface area contributed by atoms with Gasteiger partial charge in [-0.1, -0.05) is 35.9 Å². The number of aryl methyl sites for hydroxylation is 2. The van der Waals surface area contributed by atoms with Gasteiger partial charge in [0.1, 0.15) is 12.0 Å². The minimum atomic E-state index is -0.120. The minimum absolute atomic E-state index is 0.120. The fourth-order valence-corrected chi connectivity index (χ4v) is 3.22. The predicted octanol–water partition coefficient (Wildman–Crippen LogP) is 4.66. The number of nitrogens with one attached hydrogen (secondary N) is 2. The van der Waals surface area contributed by atoms with E-state index in [1.54, 1.807) is 0 Å². The third-order valence-corrected chi connectivity index (χ3v) is 4.87. The predicted molar refractivity (Wildman–Crippen MR) is 112 cm³/mol. The smallest absolute Gasteiger partial charge is 0.146 e. The van der Waals surface area contributed by atoms with E-state index in [2.05, 4.69) is 47.0 Å². The molecule has 2 aromatic rings. The van der Waals surface area contributed by atoms with Gasteiger partial charge in [-0.2, -0.15) is 0 Å². The van der Waals surface area contributed by atoms with Crippen molar-refractivity contribution < 1.29 is 0 Å². The molecule has 4 N–H and O–H groups in total. The van der Waals surface area contributed by atoms with Crippen LogP contribution in [0, 0.1) is 0 Å². The molecule has 1 heterocycles. The number of anilines is 2. The van der Waals surface area contributed by atoms with Gasteiger partial charge in [-0.05, 0) is 67.6 Å². The number of nitrogens with zero attached hydrogens (tertiary/aromatic N) is 1. The van der Waals surface area contributed by atoms with Crippen molar-refractivity contribution in [3.05, 3.63) is 70.3 Å². The minimum Gasteiger partial charge on any atom is -0.364 e. The number of amidine groups is 1. The third-order valence-electron chi connectivity index (χ3n) is 4.48. The van der Waals surface area contributed by atoms with Gasteiger partial charge in [0.05, 0.1) is 5.03 Å². The van der Waals surface area contributed by atoms with Crippen LogP contribution in [0.25, 0.3) is 0 Å². The van der Waals surface area contributed by atoms with Gasteiger partial charge in [0, 0.05) is 17.9 Å². The highest BCUT2D eigenvalue weighted by Crippen LogP contribution is 2.22. The van der Waals surface area contributed by atoms with Gasteiger partial charge in [0.2, 0.25) is 0 Å². The van der Waals surface area contributed by atoms with E-state index in [0.29, 0.717) is 17.4 Å². The summed E-state index contributed by atoms with van der Waals surface area (Å²) in [4.78, 5) is 4.73. The number of rotatable bonds is 2. The molecule has 0 saturated heterocycles. The molecule has 4 nitrogen and oxygen atoms in total. The molecule has 3 rings (SSSR count). The van der Waals surface area contributed by atoms with Crippen molar-refractivity contribution in [3.63, 3.8) is 0 Å². The SMILES string of the molecule is C/C=C(Cl)\C1=N/C(C)Nc2cccc(c2)CCc2cc(ccc2CN)N1. The molecule has 136 valence electrons. The summed E-state index contributed by atoms with van der Waals surface area (Å²) in [7, 11) is 0. The average molecular weight is 369 g/mol. The number of halogens is 1. The van der Waals surface area contributed by atoms with Crippen LogP contribution in [0.2, 0.25) is 0 Å². The summed E-state index contributed by atoms with van der Waals surface area (Å²) < 4.78 is 0. The van der Waals surface area contributed by atoms with Crippen LogP contribution in [-0.2, 0) is 19.4 Å². The lowest BCUT2D eigenvalue weighted by atomic mass is 9.98. The number of benzene rings is 2. The molecular formula is C21H25ClN4. The van der Waals surface area contributed by atoms with E-state index in [1.165, 1.54) is 16.7 Å². The Bertz CT molecular complexity index is 842. The highest BCUT2D eigenvalue weighted by atomic mass is 35.5. The molecular weight excluding hydrogens is 344 g/mol. The quantitative estimate of drug-likeness (QED) is 0.722. The van der Waals surface area contributed by atoms with E-state index >= 15 is 0 Å². The second-order valence-corrected chi connectivity index (χ2v) is 6.85. The van der Waals surface area contributed by atoms with Crippen LogP contribution >= 0.6 is 11.6 Å². The Labute approximate surface area is 160 Å². The zero-order valence-electron chi connectivity index (χ0n) is 15.2. The number of hydrogen-bond donors (Lipinski definition) is 3. The molecule has 0 radical (unpaired) electrons. The summed E-state index contributed by atoms with van der Waals surface area (Å²) in [5.41, 5.74) is 11.7. The molecule has 1 aliphatic rings. The van der Waals surface area contributed by atoms with Crippen molar-refractivity contribution in [2.75, 3.05) is 10.6 Å². The molecule has 0 spiro atoms. The molecule has 0 fully saturated rings. The number of nitrogens with two attached hydrogens (primary N) is 1. The molecule has 1 atom stereocenters. The van der Waals surface area contributed by atoms with Crippen LogP contribution in [0.3, 0.4) is 0 Å². The van der Waals surface area contributed by atoms with E-state index in [9.17, 15) is 0 Å². The summed E-state index contributed by atoms with van der Waals surface area (Å²) in [5, 5.41) is 7.38. The van der Waals surface area contributed by atoms with Gasteiger partial charge >= 0.3 is 0 Å². The number of aliphatic imine (C=N–C) groups is 1. The van der Waals surface area contributed by atoms with Crippen LogP contribution in [0.15, 0.2) is 58.6 Å². The second-order valence-electron chi connectivity index (χ2n) is 6.45. The van der Waals surface area contributed by atoms with Gasteiger partial charge < -0.3 is 16.4 Å². The fourth-order valence-electron chi connectivity index (χ4n) is 3.13. The van der Waals surface area contributed by atoms with E-state index in [-0.39, 0.29) is 6.17 Å². The Morgan fingerprint density at radius 1 is 1.23 bits per heavy atom. The maximum atomic E-state index is 6.39. The Kier molecular flexibility index (Phi) is 5.96. The Morgan fingerprint density at radius 3 is 2.85 bits per heavy atom. The van der Waals surface area contributed by atoms with E-state index < -0.39 is 0 Å². The van der Waals surface area contributed by atoms with Gasteiger partial charge in [-0.3, -0.25) is 0 Å². The first-order valence-electron chi connectivity index (χ1n) is 8.93. The Morgan fingerprint density at radius 2 is 2.08 bits per heavy atom. The monoisotopic (exact) mass is 368 g/mol. The van der Waals surface area contributed by atoms with E-state index in [1.807, 2.05) is 26.0 Å². The van der Waals surface area contributed by atoms with Gasteiger partial charge in [0.15, 0.2) is 0 Å². The van der Waals surface area contributed by atoms with Crippen LogP contribution in [-0.4, -0.2) is 12.0 Å². The summed E-state index contributed by atoms with van der Waals surface area (Å²) in [6.07, 6.45) is 3.62. The number of fused-ring (bicyclic) bond motifs is 4. The molecule has 0 saturated carbocycles. The maximum absolute atomic E-state index is 6.39. The fraction of sp³-hybridized carbons (Fsp3) is 0.286. The first-order valence-corrected chi connectivity index (χ1v) is 9.31. The summed E-state index contributed by atoms with van der Waals surface area (Å²) in [6, 6.07) is 14.7. The first kappa shape index (κ1) is 18.5. The first-order chi connectivity index (χ1) is 12.6. The van der Waals surface area contributed by atoms with E-state index in [0.717, 1.165) is 24.2 Å². The van der Waals surface area contributed by atoms with Crippen LogP contribution in [0.4, 0.5) is 11.4 Å². The molecule has 1 unspecified atom stereocenters. The van der Waals surface area contributed by atoms with Crippen molar-refractivity contribution >= 4 is 28.8 Å². The van der Waals surface area contributed by atoms with Crippen molar-refractivity contribution in [2.45, 2.75) is 39.4 Å². The molecule has 0 aromatic heterocycles. The van der Waals surface area contributed by atoms with Crippen LogP contribution in [0.5, 0.6) is 0 Å². The molecule has 4 bridgehead atoms. The standard InChI is InChI=1S/C21H25ClN4/c1-3-20(22)21-25-14(2)24-18-6-4-5-15(11-18)7-8-16-12-19(26-21)10-9-17(16)13-23/h3-6,9-12,14,24H,7-8,13,23H2,1-2H3,(H,25,26)/b20-3+. The van der Waals surface area contributed by atoms with Crippen LogP contribution < -0.4 is 16.4 Å². The van der Waals surface area contributed by atoms with Crippen molar-refractivity contribution in [2.24, 2.45) is 10.7 Å². The summed E-state index contributed by atoms with van der Waals surface area (Å²) in [5.74, 6) is 0.649. The topological polar surface area (TPSA) is 62.4 Å². The van der Waals surface area contributed by atoms with Crippen molar-refractivity contribution in [1.29, 1.82) is 0 Å². The lowest BCUT2D eigenvalue weighted by Crippen LogP contribution is -2.20. The maximum Gasteiger partial charge on any atom is 0.146 e. The van der Waals surface area contributed by atoms with E-state index in [4.69, 9.17) is 22.3 Å². The number of allylic oxidation sites excluding steroid dienone is 1. The Hall–Kier alpha value is -2.30. The largest absolute Gasteiger partial charge is 0.364 e. The van der Waals surface area contributed by atoms with Crippen molar-refractivity contribution in [1.82, 2.24) is 0 Å². The van der Waals surface area contributed by atoms with Crippen LogP contribution in [0.1, 0.15) is 30.5 Å². The van der Waals surface area contributed by atoms with Gasteiger partial charge in [0.25, 0.3) is 0 Å². The Balaban J connectivity index is 2.07. The van der Waals surface area contributed by atoms with Crippen molar-refractivity contribution in [3.8, 4) is 0 Å². The lowest BCUT2D eigenvalue weighted by Gasteiger charge is -2.16. The number of hydrogen-bond acceptors (Lipinski definition) is 4. The normalized spacial score (nSPS) is 19.8. The molecule has 0 amide bonds.